The van der Waals surface area contributed by atoms with E-state index in [1.165, 1.54) is 18.2 Å². The zero-order valence-electron chi connectivity index (χ0n) is 25.9. The van der Waals surface area contributed by atoms with Crippen LogP contribution in [0.5, 0.6) is 0 Å². The Kier molecular flexibility index (Phi) is 12.2. The van der Waals surface area contributed by atoms with Gasteiger partial charge in [-0.3, -0.25) is 19.4 Å². The molecule has 0 bridgehead atoms. The second kappa shape index (κ2) is 16.3. The molecule has 0 aliphatic carbocycles. The number of ether oxygens (including phenoxy) is 1. The Morgan fingerprint density at radius 1 is 0.638 bits per heavy atom. The first-order valence-electron chi connectivity index (χ1n) is 15.4. The van der Waals surface area contributed by atoms with Gasteiger partial charge in [-0.1, -0.05) is 119 Å². The Morgan fingerprint density at radius 2 is 1.06 bits per heavy atom. The third kappa shape index (κ3) is 9.08. The van der Waals surface area contributed by atoms with Gasteiger partial charge >= 0.3 is 11.9 Å². The minimum Gasteiger partial charge on any atom is -0.481 e. The fraction of sp³-hybridized carbons (Fsp3) is 0.297. The highest BCUT2D eigenvalue weighted by Crippen LogP contribution is 2.38. The van der Waals surface area contributed by atoms with Crippen LogP contribution in [0.2, 0.25) is 20.1 Å². The topological polar surface area (TPSA) is 70.1 Å². The number of hydrogen-bond acceptors (Lipinski definition) is 5. The van der Waals surface area contributed by atoms with Gasteiger partial charge in [0.1, 0.15) is 0 Å². The van der Waals surface area contributed by atoms with E-state index in [-0.39, 0.29) is 23.7 Å². The molecule has 47 heavy (non-hydrogen) atoms. The molecule has 2 saturated heterocycles. The number of nitrogens with zero attached hydrogens (tertiary/aromatic N) is 2. The minimum atomic E-state index is -0.767. The van der Waals surface area contributed by atoms with Crippen molar-refractivity contribution in [2.45, 2.75) is 24.9 Å². The zero-order chi connectivity index (χ0) is 33.5. The van der Waals surface area contributed by atoms with Crippen LogP contribution in [0, 0.1) is 11.8 Å². The van der Waals surface area contributed by atoms with Crippen LogP contribution in [0.25, 0.3) is 0 Å². The predicted molar refractivity (Wildman–Crippen MR) is 188 cm³/mol. The maximum atomic E-state index is 12.2. The van der Waals surface area contributed by atoms with Crippen molar-refractivity contribution in [3.8, 4) is 0 Å². The maximum Gasteiger partial charge on any atom is 0.310 e. The number of benzene rings is 4. The lowest BCUT2D eigenvalue weighted by Gasteiger charge is -2.17. The summed E-state index contributed by atoms with van der Waals surface area (Å²) in [5.41, 5.74) is 4.38. The van der Waals surface area contributed by atoms with Crippen molar-refractivity contribution in [3.05, 3.63) is 139 Å². The Morgan fingerprint density at radius 3 is 1.47 bits per heavy atom. The summed E-state index contributed by atoms with van der Waals surface area (Å²) in [6, 6.07) is 31.3. The van der Waals surface area contributed by atoms with Gasteiger partial charge in [0.2, 0.25) is 0 Å². The van der Waals surface area contributed by atoms with E-state index >= 15 is 0 Å². The molecule has 246 valence electrons. The molecule has 0 radical (unpaired) electrons. The first kappa shape index (κ1) is 35.2. The smallest absolute Gasteiger partial charge is 0.310 e. The van der Waals surface area contributed by atoms with Crippen LogP contribution in [-0.2, 0) is 27.4 Å². The summed E-state index contributed by atoms with van der Waals surface area (Å²) in [6.07, 6.45) is 0. The van der Waals surface area contributed by atoms with Gasteiger partial charge in [-0.15, -0.1) is 0 Å². The van der Waals surface area contributed by atoms with E-state index in [9.17, 15) is 14.7 Å². The van der Waals surface area contributed by atoms with E-state index in [1.807, 2.05) is 54.6 Å². The van der Waals surface area contributed by atoms with Crippen LogP contribution in [0.15, 0.2) is 97.1 Å². The van der Waals surface area contributed by atoms with Crippen molar-refractivity contribution in [2.75, 3.05) is 33.3 Å². The van der Waals surface area contributed by atoms with Crippen LogP contribution in [0.3, 0.4) is 0 Å². The number of methoxy groups -OCH3 is 1. The largest absolute Gasteiger partial charge is 0.481 e. The van der Waals surface area contributed by atoms with E-state index in [2.05, 4.69) is 34.1 Å². The van der Waals surface area contributed by atoms with Gasteiger partial charge in [-0.2, -0.15) is 0 Å². The molecule has 4 aromatic carbocycles. The first-order chi connectivity index (χ1) is 22.6. The number of carboxylic acid groups (broad SMARTS) is 1. The van der Waals surface area contributed by atoms with Gasteiger partial charge in [-0.25, -0.2) is 0 Å². The molecule has 2 aliphatic heterocycles. The van der Waals surface area contributed by atoms with E-state index in [0.29, 0.717) is 39.7 Å². The van der Waals surface area contributed by atoms with E-state index in [1.54, 1.807) is 18.2 Å². The number of halogens is 4. The average molecular weight is 715 g/mol. The van der Waals surface area contributed by atoms with Gasteiger partial charge < -0.3 is 9.84 Å². The second-order valence-electron chi connectivity index (χ2n) is 12.0. The molecule has 2 aliphatic rings. The molecule has 0 saturated carbocycles. The van der Waals surface area contributed by atoms with Crippen LogP contribution in [-0.4, -0.2) is 60.1 Å². The van der Waals surface area contributed by atoms with Crippen molar-refractivity contribution in [3.63, 3.8) is 0 Å². The van der Waals surface area contributed by atoms with Crippen LogP contribution < -0.4 is 0 Å². The summed E-state index contributed by atoms with van der Waals surface area (Å²) < 4.78 is 5.01. The molecule has 4 atom stereocenters. The van der Waals surface area contributed by atoms with Gasteiger partial charge in [0.05, 0.1) is 39.0 Å². The minimum absolute atomic E-state index is 0.0518. The number of hydrogen-bond donors (Lipinski definition) is 1. The van der Waals surface area contributed by atoms with Gasteiger partial charge in [0.25, 0.3) is 0 Å². The Balaban J connectivity index is 0.000000185. The summed E-state index contributed by atoms with van der Waals surface area (Å²) in [4.78, 5) is 28.4. The lowest BCUT2D eigenvalue weighted by Crippen LogP contribution is -2.24. The van der Waals surface area contributed by atoms with Crippen LogP contribution in [0.1, 0.15) is 34.1 Å². The lowest BCUT2D eigenvalue weighted by atomic mass is 9.89. The molecule has 1 N–H and O–H groups in total. The monoisotopic (exact) mass is 712 g/mol. The summed E-state index contributed by atoms with van der Waals surface area (Å²) in [7, 11) is 1.44. The average Bonchev–Trinajstić information content (AvgIpc) is 3.69. The second-order valence-corrected chi connectivity index (χ2v) is 13.6. The van der Waals surface area contributed by atoms with Crippen molar-refractivity contribution >= 4 is 58.3 Å². The van der Waals surface area contributed by atoms with Crippen molar-refractivity contribution in [1.29, 1.82) is 0 Å². The van der Waals surface area contributed by atoms with Crippen molar-refractivity contribution in [2.24, 2.45) is 11.8 Å². The molecule has 2 fully saturated rings. The van der Waals surface area contributed by atoms with Crippen molar-refractivity contribution in [1.82, 2.24) is 9.80 Å². The maximum absolute atomic E-state index is 12.2. The summed E-state index contributed by atoms with van der Waals surface area (Å²) in [5, 5.41) is 11.6. The highest BCUT2D eigenvalue weighted by Gasteiger charge is 2.40. The van der Waals surface area contributed by atoms with E-state index in [0.717, 1.165) is 30.8 Å². The SMILES string of the molecule is COC(=O)[C@@H]1CN(Cc2ccccc2)C[C@@H]1c1ccc(Cl)c(Cl)c1.O=C(O)[C@@H]1CN(Cc2ccccc2)C[C@@H]1c1ccc(Cl)c(Cl)c1. The number of rotatable bonds is 8. The normalized spacial score (nSPS) is 21.2. The Labute approximate surface area is 295 Å². The van der Waals surface area contributed by atoms with Gasteiger partial charge in [0, 0.05) is 51.1 Å². The highest BCUT2D eigenvalue weighted by atomic mass is 35.5. The fourth-order valence-electron chi connectivity index (χ4n) is 6.51. The summed E-state index contributed by atoms with van der Waals surface area (Å²) in [5.74, 6) is -1.60. The fourth-order valence-corrected chi connectivity index (χ4v) is 7.13. The Bertz CT molecular complexity index is 1670. The van der Waals surface area contributed by atoms with E-state index in [4.69, 9.17) is 51.1 Å². The number of esters is 1. The molecule has 0 aromatic heterocycles. The van der Waals surface area contributed by atoms with Crippen LogP contribution >= 0.6 is 46.4 Å². The first-order valence-corrected chi connectivity index (χ1v) is 16.9. The van der Waals surface area contributed by atoms with Crippen molar-refractivity contribution < 1.29 is 19.4 Å². The van der Waals surface area contributed by atoms with Crippen LogP contribution in [0.4, 0.5) is 0 Å². The number of aliphatic carboxylic acids is 1. The molecule has 0 amide bonds. The molecular weight excluding hydrogens is 678 g/mol. The number of carbonyl (C=O) groups excluding carboxylic acids is 1. The molecule has 6 nitrogen and oxygen atoms in total. The molecule has 0 spiro atoms. The molecule has 10 heteroatoms. The molecule has 4 aromatic rings. The number of carboxylic acids is 1. The standard InChI is InChI=1S/C19H19Cl2NO2.C18H17Cl2NO2/c1-24-19(23)16-12-22(10-13-5-3-2-4-6-13)11-15(16)14-7-8-17(20)18(21)9-14;19-16-7-6-13(8-17(16)20)14-10-21(11-15(14)18(22)23)9-12-4-2-1-3-5-12/h2-9,15-16H,10-12H2,1H3;1-8,14-15H,9-11H2,(H,22,23)/t15-,16-;14-,15-/m11/s1. The number of carbonyl (C=O) groups is 2. The Hall–Kier alpha value is -3.10. The molecule has 0 unspecified atom stereocenters. The number of likely N-dealkylation sites (tertiary alicyclic amines) is 2. The predicted octanol–water partition coefficient (Wildman–Crippen LogP) is 8.68. The van der Waals surface area contributed by atoms with Gasteiger partial charge in [0.15, 0.2) is 0 Å². The summed E-state index contributed by atoms with van der Waals surface area (Å²) in [6.45, 7) is 4.26. The van der Waals surface area contributed by atoms with Gasteiger partial charge in [-0.05, 0) is 46.5 Å². The molecule has 2 heterocycles. The third-order valence-electron chi connectivity index (χ3n) is 8.85. The highest BCUT2D eigenvalue weighted by molar-refractivity contribution is 6.42. The quantitative estimate of drug-likeness (QED) is 0.184. The van der Waals surface area contributed by atoms with E-state index < -0.39 is 11.9 Å². The molecule has 6 rings (SSSR count). The third-order valence-corrected chi connectivity index (χ3v) is 10.3. The molecular formula is C37H36Cl4N2O4. The summed E-state index contributed by atoms with van der Waals surface area (Å²) >= 11 is 24.2. The zero-order valence-corrected chi connectivity index (χ0v) is 28.9. The lowest BCUT2D eigenvalue weighted by molar-refractivity contribution is -0.145.